The minimum atomic E-state index is 0.543. The third kappa shape index (κ3) is 0.983. The van der Waals surface area contributed by atoms with Crippen LogP contribution in [-0.2, 0) is 0 Å². The molecule has 2 aliphatic rings. The van der Waals surface area contributed by atoms with E-state index in [9.17, 15) is 0 Å². The van der Waals surface area contributed by atoms with Crippen molar-refractivity contribution >= 4 is 0 Å². The van der Waals surface area contributed by atoms with Crippen LogP contribution in [0.15, 0.2) is 0 Å². The van der Waals surface area contributed by atoms with E-state index < -0.39 is 0 Å². The molecule has 2 saturated carbocycles. The molecule has 0 heterocycles. The van der Waals surface area contributed by atoms with E-state index >= 15 is 0 Å². The fourth-order valence-electron chi connectivity index (χ4n) is 2.13. The third-order valence-electron chi connectivity index (χ3n) is 2.93. The molecule has 0 bridgehead atoms. The van der Waals surface area contributed by atoms with Crippen molar-refractivity contribution in [2.24, 2.45) is 11.1 Å². The van der Waals surface area contributed by atoms with Gasteiger partial charge in [-0.15, -0.1) is 0 Å². The first-order valence-corrected chi connectivity index (χ1v) is 4.06. The Morgan fingerprint density at radius 3 is 2.44 bits per heavy atom. The Balaban J connectivity index is 1.96. The van der Waals surface area contributed by atoms with Crippen LogP contribution in [0.3, 0.4) is 0 Å². The zero-order valence-corrected chi connectivity index (χ0v) is 5.90. The Kier molecular flexibility index (Phi) is 1.10. The molecule has 0 aliphatic heterocycles. The lowest BCUT2D eigenvalue weighted by Crippen LogP contribution is -2.28. The molecule has 2 fully saturated rings. The van der Waals surface area contributed by atoms with Crippen molar-refractivity contribution in [1.29, 1.82) is 0 Å². The summed E-state index contributed by atoms with van der Waals surface area (Å²) in [6.07, 6.45) is 8.41. The first-order valence-electron chi connectivity index (χ1n) is 4.06. The van der Waals surface area contributed by atoms with Gasteiger partial charge in [-0.1, -0.05) is 6.42 Å². The van der Waals surface area contributed by atoms with Crippen LogP contribution in [0.4, 0.5) is 0 Å². The van der Waals surface area contributed by atoms with Gasteiger partial charge in [0.1, 0.15) is 0 Å². The fourth-order valence-corrected chi connectivity index (χ4v) is 2.13. The number of hydrogen-bond acceptors (Lipinski definition) is 1. The van der Waals surface area contributed by atoms with Crippen molar-refractivity contribution in [3.8, 4) is 0 Å². The highest BCUT2D eigenvalue weighted by atomic mass is 14.7. The summed E-state index contributed by atoms with van der Waals surface area (Å²) in [5.74, 6) is 0. The minimum Gasteiger partial charge on any atom is -0.328 e. The average Bonchev–Trinajstić information content (AvgIpc) is 2.49. The quantitative estimate of drug-likeness (QED) is 0.523. The van der Waals surface area contributed by atoms with Gasteiger partial charge >= 0.3 is 0 Å². The monoisotopic (exact) mass is 125 g/mol. The summed E-state index contributed by atoms with van der Waals surface area (Å²) in [5.41, 5.74) is 6.63. The van der Waals surface area contributed by atoms with Crippen LogP contribution in [0.25, 0.3) is 0 Å². The molecule has 2 rings (SSSR count). The fraction of sp³-hybridized carbons (Fsp3) is 1.00. The van der Waals surface area contributed by atoms with E-state index in [0.29, 0.717) is 6.04 Å². The summed E-state index contributed by atoms with van der Waals surface area (Å²) in [6.45, 7) is 0. The molecule has 2 N–H and O–H groups in total. The van der Waals surface area contributed by atoms with Gasteiger partial charge in [-0.05, 0) is 37.5 Å². The Morgan fingerprint density at radius 1 is 1.22 bits per heavy atom. The second-order valence-corrected chi connectivity index (χ2v) is 3.86. The van der Waals surface area contributed by atoms with Gasteiger partial charge in [0.2, 0.25) is 0 Å². The van der Waals surface area contributed by atoms with Gasteiger partial charge in [-0.25, -0.2) is 0 Å². The van der Waals surface area contributed by atoms with E-state index in [1.54, 1.807) is 0 Å². The molecule has 1 heteroatoms. The lowest BCUT2D eigenvalue weighted by atomic mass is 9.84. The van der Waals surface area contributed by atoms with E-state index in [1.165, 1.54) is 38.5 Å². The molecule has 0 unspecified atom stereocenters. The highest BCUT2D eigenvalue weighted by Gasteiger charge is 2.44. The van der Waals surface area contributed by atoms with Gasteiger partial charge in [0.15, 0.2) is 0 Å². The van der Waals surface area contributed by atoms with Gasteiger partial charge in [-0.2, -0.15) is 0 Å². The predicted octanol–water partition coefficient (Wildman–Crippen LogP) is 1.67. The highest BCUT2D eigenvalue weighted by molar-refractivity contribution is 4.97. The molecular formula is C8H15N. The summed E-state index contributed by atoms with van der Waals surface area (Å²) in [7, 11) is 0. The summed E-state index contributed by atoms with van der Waals surface area (Å²) < 4.78 is 0. The molecule has 1 nitrogen and oxygen atoms in total. The maximum absolute atomic E-state index is 5.85. The zero-order valence-electron chi connectivity index (χ0n) is 5.90. The lowest BCUT2D eigenvalue weighted by molar-refractivity contribution is 0.302. The summed E-state index contributed by atoms with van der Waals surface area (Å²) in [5, 5.41) is 0. The molecular weight excluding hydrogens is 110 g/mol. The molecule has 2 aliphatic carbocycles. The van der Waals surface area contributed by atoms with Crippen molar-refractivity contribution in [3.63, 3.8) is 0 Å². The van der Waals surface area contributed by atoms with Gasteiger partial charge in [0, 0.05) is 6.04 Å². The maximum Gasteiger partial charge on any atom is 0.00441 e. The second kappa shape index (κ2) is 1.72. The third-order valence-corrected chi connectivity index (χ3v) is 2.93. The van der Waals surface area contributed by atoms with E-state index in [2.05, 4.69) is 0 Å². The van der Waals surface area contributed by atoms with Crippen LogP contribution >= 0.6 is 0 Å². The van der Waals surface area contributed by atoms with E-state index in [4.69, 9.17) is 5.73 Å². The molecule has 9 heavy (non-hydrogen) atoms. The highest BCUT2D eigenvalue weighted by Crippen LogP contribution is 2.55. The smallest absolute Gasteiger partial charge is 0.00441 e. The molecule has 0 aromatic carbocycles. The number of rotatable bonds is 0. The summed E-state index contributed by atoms with van der Waals surface area (Å²) in [4.78, 5) is 0. The van der Waals surface area contributed by atoms with Crippen molar-refractivity contribution in [3.05, 3.63) is 0 Å². The molecule has 0 saturated heterocycles. The molecule has 1 atom stereocenters. The Bertz CT molecular complexity index is 116. The zero-order chi connectivity index (χ0) is 6.32. The average molecular weight is 125 g/mol. The van der Waals surface area contributed by atoms with Crippen LogP contribution in [0.2, 0.25) is 0 Å². The second-order valence-electron chi connectivity index (χ2n) is 3.86. The topological polar surface area (TPSA) is 26.0 Å². The normalized spacial score (nSPS) is 39.0. The largest absolute Gasteiger partial charge is 0.328 e. The Morgan fingerprint density at radius 2 is 2.00 bits per heavy atom. The van der Waals surface area contributed by atoms with Crippen LogP contribution in [0.5, 0.6) is 0 Å². The van der Waals surface area contributed by atoms with E-state index in [-0.39, 0.29) is 0 Å². The Labute approximate surface area is 56.6 Å². The number of nitrogens with two attached hydrogens (primary N) is 1. The first-order chi connectivity index (χ1) is 4.31. The van der Waals surface area contributed by atoms with Crippen molar-refractivity contribution < 1.29 is 0 Å². The van der Waals surface area contributed by atoms with E-state index in [0.717, 1.165) is 5.41 Å². The van der Waals surface area contributed by atoms with Crippen molar-refractivity contribution in [2.75, 3.05) is 0 Å². The number of hydrogen-bond donors (Lipinski definition) is 1. The Hall–Kier alpha value is -0.0400. The van der Waals surface area contributed by atoms with Crippen LogP contribution in [0, 0.1) is 5.41 Å². The van der Waals surface area contributed by atoms with E-state index in [1.807, 2.05) is 0 Å². The van der Waals surface area contributed by atoms with Crippen LogP contribution in [0.1, 0.15) is 38.5 Å². The standard InChI is InChI=1S/C8H15N/c9-7-2-1-3-8(6-7)4-5-8/h7H,1-6,9H2/t7-/m1/s1. The van der Waals surface area contributed by atoms with Crippen molar-refractivity contribution in [1.82, 2.24) is 0 Å². The molecule has 0 amide bonds. The maximum atomic E-state index is 5.85. The molecule has 0 aromatic heterocycles. The molecule has 0 aromatic rings. The molecule has 0 radical (unpaired) electrons. The minimum absolute atomic E-state index is 0.543. The SMILES string of the molecule is N[C@@H]1CCCC2(CC2)C1. The summed E-state index contributed by atoms with van der Waals surface area (Å²) in [6, 6.07) is 0.543. The van der Waals surface area contributed by atoms with Crippen LogP contribution < -0.4 is 5.73 Å². The van der Waals surface area contributed by atoms with Gasteiger partial charge in [0.05, 0.1) is 0 Å². The summed E-state index contributed by atoms with van der Waals surface area (Å²) >= 11 is 0. The van der Waals surface area contributed by atoms with Gasteiger partial charge in [0.25, 0.3) is 0 Å². The lowest BCUT2D eigenvalue weighted by Gasteiger charge is -2.25. The van der Waals surface area contributed by atoms with Crippen molar-refractivity contribution in [2.45, 2.75) is 44.6 Å². The first kappa shape index (κ1) is 5.72. The predicted molar refractivity (Wildman–Crippen MR) is 38.1 cm³/mol. The van der Waals surface area contributed by atoms with Crippen LogP contribution in [-0.4, -0.2) is 6.04 Å². The van der Waals surface area contributed by atoms with Gasteiger partial charge < -0.3 is 5.73 Å². The molecule has 52 valence electrons. The van der Waals surface area contributed by atoms with Gasteiger partial charge in [-0.3, -0.25) is 0 Å². The molecule has 1 spiro atoms.